The van der Waals surface area contributed by atoms with Crippen LogP contribution < -0.4 is 10.3 Å². The van der Waals surface area contributed by atoms with Crippen molar-refractivity contribution < 1.29 is 14.6 Å². The van der Waals surface area contributed by atoms with E-state index < -0.39 is 12.0 Å². The Morgan fingerprint density at radius 3 is 2.53 bits per heavy atom. The molecule has 7 heteroatoms. The molecule has 1 unspecified atom stereocenters. The molecule has 4 aromatic rings. The van der Waals surface area contributed by atoms with Gasteiger partial charge >= 0.3 is 5.97 Å². The predicted octanol–water partition coefficient (Wildman–Crippen LogP) is 4.42. The Hall–Kier alpha value is -3.45. The summed E-state index contributed by atoms with van der Waals surface area (Å²) in [5.41, 5.74) is 2.75. The van der Waals surface area contributed by atoms with Crippen molar-refractivity contribution in [1.29, 1.82) is 0 Å². The van der Waals surface area contributed by atoms with Crippen molar-refractivity contribution in [3.8, 4) is 16.9 Å². The minimum absolute atomic E-state index is 0.371. The highest BCUT2D eigenvalue weighted by atomic mass is 32.1. The number of carboxylic acids is 1. The molecule has 0 aliphatic heterocycles. The number of ether oxygens (including phenoxy) is 1. The monoisotopic (exact) mass is 420 g/mol. The number of methoxy groups -OCH3 is 1. The minimum atomic E-state index is -1.15. The topological polar surface area (TPSA) is 81.4 Å². The first-order valence-corrected chi connectivity index (χ1v) is 10.2. The van der Waals surface area contributed by atoms with Crippen LogP contribution in [-0.2, 0) is 4.79 Å². The second-order valence-electron chi connectivity index (χ2n) is 7.01. The van der Waals surface area contributed by atoms with Gasteiger partial charge in [-0.1, -0.05) is 36.4 Å². The summed E-state index contributed by atoms with van der Waals surface area (Å²) < 4.78 is 6.54. The van der Waals surface area contributed by atoms with Gasteiger partial charge in [0.2, 0.25) is 0 Å². The summed E-state index contributed by atoms with van der Waals surface area (Å²) in [5.74, 6) is -0.347. The highest BCUT2D eigenvalue weighted by Gasteiger charge is 2.26. The summed E-state index contributed by atoms with van der Waals surface area (Å²) in [6, 6.07) is 13.3. The number of benzene rings is 2. The van der Waals surface area contributed by atoms with Crippen molar-refractivity contribution in [3.63, 3.8) is 0 Å². The molecular weight excluding hydrogens is 400 g/mol. The lowest BCUT2D eigenvalue weighted by Crippen LogP contribution is -2.30. The average molecular weight is 420 g/mol. The van der Waals surface area contributed by atoms with E-state index >= 15 is 0 Å². The fourth-order valence-electron chi connectivity index (χ4n) is 3.74. The molecule has 30 heavy (non-hydrogen) atoms. The van der Waals surface area contributed by atoms with Crippen LogP contribution in [-0.4, -0.2) is 27.7 Å². The molecule has 2 aromatic heterocycles. The van der Waals surface area contributed by atoms with Gasteiger partial charge < -0.3 is 9.84 Å². The normalized spacial score (nSPS) is 12.1. The van der Waals surface area contributed by atoms with Gasteiger partial charge in [0.05, 0.1) is 12.5 Å². The van der Waals surface area contributed by atoms with Crippen LogP contribution in [0.5, 0.6) is 5.75 Å². The first kappa shape index (κ1) is 19.8. The molecule has 0 bridgehead atoms. The predicted molar refractivity (Wildman–Crippen MR) is 118 cm³/mol. The Balaban J connectivity index is 1.97. The molecule has 2 heterocycles. The Morgan fingerprint density at radius 1 is 1.17 bits per heavy atom. The van der Waals surface area contributed by atoms with Gasteiger partial charge in [-0.05, 0) is 42.7 Å². The highest BCUT2D eigenvalue weighted by molar-refractivity contribution is 7.19. The number of nitrogens with zero attached hydrogens (tertiary/aromatic N) is 2. The second kappa shape index (κ2) is 7.76. The largest absolute Gasteiger partial charge is 0.496 e. The van der Waals surface area contributed by atoms with Crippen molar-refractivity contribution in [2.24, 2.45) is 0 Å². The molecule has 152 valence electrons. The Kier molecular flexibility index (Phi) is 5.13. The second-order valence-corrected chi connectivity index (χ2v) is 8.21. The highest BCUT2D eigenvalue weighted by Crippen LogP contribution is 2.37. The van der Waals surface area contributed by atoms with E-state index in [1.807, 2.05) is 32.0 Å². The van der Waals surface area contributed by atoms with Gasteiger partial charge in [0.25, 0.3) is 5.56 Å². The number of thiophene rings is 1. The van der Waals surface area contributed by atoms with Gasteiger partial charge in [0.1, 0.15) is 16.9 Å². The third kappa shape index (κ3) is 3.27. The van der Waals surface area contributed by atoms with Crippen LogP contribution >= 0.6 is 11.3 Å². The summed E-state index contributed by atoms with van der Waals surface area (Å²) in [6.07, 6.45) is 1.33. The van der Waals surface area contributed by atoms with Gasteiger partial charge in [-0.2, -0.15) is 0 Å². The van der Waals surface area contributed by atoms with E-state index in [9.17, 15) is 14.7 Å². The van der Waals surface area contributed by atoms with Crippen LogP contribution in [0.4, 0.5) is 0 Å². The van der Waals surface area contributed by atoms with Gasteiger partial charge in [0, 0.05) is 10.4 Å². The number of aryl methyl sites for hydroxylation is 2. The maximum atomic E-state index is 13.5. The van der Waals surface area contributed by atoms with E-state index in [1.165, 1.54) is 22.2 Å². The van der Waals surface area contributed by atoms with Crippen LogP contribution in [0.15, 0.2) is 59.7 Å². The number of hydrogen-bond donors (Lipinski definition) is 1. The van der Waals surface area contributed by atoms with Crippen LogP contribution in [0.25, 0.3) is 21.3 Å². The van der Waals surface area contributed by atoms with Crippen molar-refractivity contribution in [2.75, 3.05) is 7.11 Å². The molecule has 0 aliphatic carbocycles. The van der Waals surface area contributed by atoms with Crippen molar-refractivity contribution >= 4 is 27.5 Å². The minimum Gasteiger partial charge on any atom is -0.496 e. The molecule has 2 aromatic carbocycles. The third-order valence-corrected chi connectivity index (χ3v) is 6.14. The molecular formula is C23H20N2O4S. The SMILES string of the molecule is COc1ccc(-c2c(C)sc3ncn(C(C(=O)O)c4ccccc4)c(=O)c23)cc1C. The third-order valence-electron chi connectivity index (χ3n) is 5.12. The van der Waals surface area contributed by atoms with E-state index in [1.54, 1.807) is 37.4 Å². The van der Waals surface area contributed by atoms with Gasteiger partial charge in [-0.25, -0.2) is 9.78 Å². The van der Waals surface area contributed by atoms with E-state index in [0.29, 0.717) is 15.8 Å². The molecule has 0 saturated heterocycles. The standard InChI is InChI=1S/C23H20N2O4S/c1-13-11-16(9-10-17(13)29-3)18-14(2)30-21-19(18)22(26)25(12-24-21)20(23(27)28)15-7-5-4-6-8-15/h4-12,20H,1-3H3,(H,27,28). The van der Waals surface area contributed by atoms with E-state index in [0.717, 1.165) is 27.3 Å². The molecule has 0 aliphatic rings. The maximum absolute atomic E-state index is 13.5. The Bertz CT molecular complexity index is 1310. The van der Waals surface area contributed by atoms with Gasteiger partial charge in [0.15, 0.2) is 6.04 Å². The quantitative estimate of drug-likeness (QED) is 0.517. The number of rotatable bonds is 5. The summed E-state index contributed by atoms with van der Waals surface area (Å²) in [6.45, 7) is 3.88. The van der Waals surface area contributed by atoms with Gasteiger partial charge in [-0.3, -0.25) is 9.36 Å². The van der Waals surface area contributed by atoms with Crippen LogP contribution in [0.3, 0.4) is 0 Å². The van der Waals surface area contributed by atoms with E-state index in [4.69, 9.17) is 4.74 Å². The molecule has 1 N–H and O–H groups in total. The summed E-state index contributed by atoms with van der Waals surface area (Å²) in [4.78, 5) is 31.5. The zero-order valence-corrected chi connectivity index (χ0v) is 17.6. The lowest BCUT2D eigenvalue weighted by Gasteiger charge is -2.16. The molecule has 6 nitrogen and oxygen atoms in total. The maximum Gasteiger partial charge on any atom is 0.331 e. The van der Waals surface area contributed by atoms with Crippen LogP contribution in [0.1, 0.15) is 22.0 Å². The number of carbonyl (C=O) groups is 1. The van der Waals surface area contributed by atoms with Crippen molar-refractivity contribution in [1.82, 2.24) is 9.55 Å². The molecule has 0 amide bonds. The van der Waals surface area contributed by atoms with E-state index in [-0.39, 0.29) is 5.56 Å². The number of aromatic nitrogens is 2. The van der Waals surface area contributed by atoms with E-state index in [2.05, 4.69) is 4.98 Å². The Morgan fingerprint density at radius 2 is 1.90 bits per heavy atom. The summed E-state index contributed by atoms with van der Waals surface area (Å²) >= 11 is 1.43. The molecule has 4 rings (SSSR count). The number of fused-ring (bicyclic) bond motifs is 1. The summed E-state index contributed by atoms with van der Waals surface area (Å²) in [7, 11) is 1.62. The van der Waals surface area contributed by atoms with Crippen molar-refractivity contribution in [2.45, 2.75) is 19.9 Å². The Labute approximate surface area is 177 Å². The van der Waals surface area contributed by atoms with Gasteiger partial charge in [-0.15, -0.1) is 11.3 Å². The van der Waals surface area contributed by atoms with Crippen LogP contribution in [0.2, 0.25) is 0 Å². The zero-order valence-electron chi connectivity index (χ0n) is 16.7. The first-order chi connectivity index (χ1) is 14.4. The average Bonchev–Trinajstić information content (AvgIpc) is 3.07. The molecule has 0 saturated carbocycles. The lowest BCUT2D eigenvalue weighted by atomic mass is 10.0. The van der Waals surface area contributed by atoms with Crippen molar-refractivity contribution in [3.05, 3.63) is 81.2 Å². The zero-order chi connectivity index (χ0) is 21.4. The fourth-order valence-corrected chi connectivity index (χ4v) is 4.74. The lowest BCUT2D eigenvalue weighted by molar-refractivity contribution is -0.139. The molecule has 1 atom stereocenters. The number of hydrogen-bond acceptors (Lipinski definition) is 5. The van der Waals surface area contributed by atoms with Crippen LogP contribution in [0, 0.1) is 13.8 Å². The number of aliphatic carboxylic acids is 1. The fraction of sp³-hybridized carbons (Fsp3) is 0.174. The molecule has 0 fully saturated rings. The smallest absolute Gasteiger partial charge is 0.331 e. The first-order valence-electron chi connectivity index (χ1n) is 9.35. The summed E-state index contributed by atoms with van der Waals surface area (Å²) in [5, 5.41) is 10.3. The molecule has 0 spiro atoms. The molecule has 0 radical (unpaired) electrons. The number of carboxylic acid groups (broad SMARTS) is 1.